The van der Waals surface area contributed by atoms with Gasteiger partial charge in [-0.3, -0.25) is 9.48 Å². The van der Waals surface area contributed by atoms with Crippen LogP contribution < -0.4 is 10.2 Å². The summed E-state index contributed by atoms with van der Waals surface area (Å²) in [5.41, 5.74) is 0.850. The number of hydrogen-bond donors (Lipinski definition) is 1. The predicted octanol–water partition coefficient (Wildman–Crippen LogP) is 1.91. The van der Waals surface area contributed by atoms with Crippen LogP contribution in [-0.4, -0.2) is 52.7 Å². The van der Waals surface area contributed by atoms with E-state index in [2.05, 4.69) is 21.5 Å². The molecule has 1 aliphatic rings. The second-order valence-corrected chi connectivity index (χ2v) is 6.62. The molecule has 3 rings (SSSR count). The van der Waals surface area contributed by atoms with Crippen molar-refractivity contribution >= 4 is 52.9 Å². The Hall–Kier alpha value is -1.62. The maximum atomic E-state index is 12.5. The van der Waals surface area contributed by atoms with Crippen molar-refractivity contribution in [3.63, 3.8) is 0 Å². The smallest absolute Gasteiger partial charge is 0.246 e. The van der Waals surface area contributed by atoms with Crippen molar-refractivity contribution in [3.8, 4) is 0 Å². The molecule has 0 spiro atoms. The molecule has 1 N–H and O–H groups in total. The van der Waals surface area contributed by atoms with E-state index in [-0.39, 0.29) is 29.9 Å². The lowest BCUT2D eigenvalue weighted by molar-refractivity contribution is -0.120. The first-order chi connectivity index (χ1) is 11.7. The van der Waals surface area contributed by atoms with Crippen LogP contribution >= 0.6 is 35.3 Å². The van der Waals surface area contributed by atoms with Crippen LogP contribution in [0, 0.1) is 0 Å². The van der Waals surface area contributed by atoms with Gasteiger partial charge in [-0.25, -0.2) is 4.99 Å². The van der Waals surface area contributed by atoms with Crippen molar-refractivity contribution in [2.45, 2.75) is 13.5 Å². The number of hydrogen-bond acceptors (Lipinski definition) is 4. The molecule has 0 saturated carbocycles. The number of nitrogens with one attached hydrogen (secondary N) is 1. The van der Waals surface area contributed by atoms with Gasteiger partial charge in [0.1, 0.15) is 6.54 Å². The molecule has 25 heavy (non-hydrogen) atoms. The Morgan fingerprint density at radius 2 is 2.28 bits per heavy atom. The number of carbonyl (C=O) groups is 1. The minimum absolute atomic E-state index is 0. The third-order valence-electron chi connectivity index (χ3n) is 3.82. The van der Waals surface area contributed by atoms with Gasteiger partial charge in [-0.2, -0.15) is 5.10 Å². The van der Waals surface area contributed by atoms with Crippen molar-refractivity contribution in [3.05, 3.63) is 34.8 Å². The number of aromatic nitrogens is 2. The zero-order valence-corrected chi connectivity index (χ0v) is 17.5. The van der Waals surface area contributed by atoms with E-state index < -0.39 is 0 Å². The third-order valence-corrected chi connectivity index (χ3v) is 4.68. The number of anilines is 1. The van der Waals surface area contributed by atoms with Gasteiger partial charge in [-0.05, 0) is 18.4 Å². The second kappa shape index (κ2) is 9.18. The maximum Gasteiger partial charge on any atom is 0.246 e. The number of carbonyl (C=O) groups excluding carboxylic acids is 1. The number of aryl methyl sites for hydroxylation is 1. The van der Waals surface area contributed by atoms with Crippen LogP contribution in [-0.2, 0) is 18.4 Å². The number of piperazine rings is 1. The fourth-order valence-electron chi connectivity index (χ4n) is 2.66. The highest BCUT2D eigenvalue weighted by Crippen LogP contribution is 2.16. The van der Waals surface area contributed by atoms with Gasteiger partial charge in [-0.1, -0.05) is 6.07 Å². The van der Waals surface area contributed by atoms with Gasteiger partial charge in [0, 0.05) is 37.8 Å². The third kappa shape index (κ3) is 4.94. The van der Waals surface area contributed by atoms with Gasteiger partial charge in [0.25, 0.3) is 0 Å². The molecule has 1 fully saturated rings. The molecule has 0 radical (unpaired) electrons. The van der Waals surface area contributed by atoms with Crippen LogP contribution in [0.5, 0.6) is 0 Å². The Morgan fingerprint density at radius 1 is 1.44 bits per heavy atom. The number of thiophene rings is 1. The van der Waals surface area contributed by atoms with Gasteiger partial charge in [0.05, 0.1) is 18.4 Å². The van der Waals surface area contributed by atoms with Crippen molar-refractivity contribution in [1.82, 2.24) is 20.0 Å². The number of nitrogens with zero attached hydrogens (tertiary/aromatic N) is 5. The molecule has 136 valence electrons. The van der Waals surface area contributed by atoms with Gasteiger partial charge in [-0.15, -0.1) is 35.3 Å². The monoisotopic (exact) mass is 474 g/mol. The molecule has 9 heteroatoms. The van der Waals surface area contributed by atoms with Crippen molar-refractivity contribution in [2.24, 2.45) is 12.0 Å². The molecule has 1 amide bonds. The average molecular weight is 474 g/mol. The zero-order valence-electron chi connectivity index (χ0n) is 14.4. The first kappa shape index (κ1) is 19.7. The summed E-state index contributed by atoms with van der Waals surface area (Å²) in [5.74, 6) is 0.862. The molecule has 0 aliphatic carbocycles. The largest absolute Gasteiger partial charge is 0.356 e. The quantitative estimate of drug-likeness (QED) is 0.418. The molecule has 0 unspecified atom stereocenters. The number of aliphatic imine (C=N–C) groups is 1. The highest BCUT2D eigenvalue weighted by molar-refractivity contribution is 14.0. The Kier molecular flexibility index (Phi) is 7.24. The minimum atomic E-state index is 0. The first-order valence-corrected chi connectivity index (χ1v) is 8.90. The summed E-state index contributed by atoms with van der Waals surface area (Å²) in [6, 6.07) is 4.10. The van der Waals surface area contributed by atoms with Crippen molar-refractivity contribution in [2.75, 3.05) is 31.1 Å². The van der Waals surface area contributed by atoms with E-state index in [1.165, 1.54) is 4.88 Å². The fourth-order valence-corrected chi connectivity index (χ4v) is 3.28. The van der Waals surface area contributed by atoms with Gasteiger partial charge in [0.15, 0.2) is 5.96 Å². The van der Waals surface area contributed by atoms with E-state index in [1.807, 2.05) is 36.5 Å². The zero-order chi connectivity index (χ0) is 16.9. The molecule has 3 heterocycles. The van der Waals surface area contributed by atoms with Crippen molar-refractivity contribution in [1.29, 1.82) is 0 Å². The summed E-state index contributed by atoms with van der Waals surface area (Å²) >= 11 is 1.69. The van der Waals surface area contributed by atoms with E-state index in [9.17, 15) is 4.79 Å². The summed E-state index contributed by atoms with van der Waals surface area (Å²) in [5, 5.41) is 9.48. The van der Waals surface area contributed by atoms with Crippen LogP contribution in [0.3, 0.4) is 0 Å². The van der Waals surface area contributed by atoms with E-state index >= 15 is 0 Å². The second-order valence-electron chi connectivity index (χ2n) is 5.59. The highest BCUT2D eigenvalue weighted by Gasteiger charge is 2.27. The lowest BCUT2D eigenvalue weighted by atomic mass is 10.3. The number of guanidine groups is 1. The topological polar surface area (TPSA) is 65.8 Å². The average Bonchev–Trinajstić information content (AvgIpc) is 3.23. The van der Waals surface area contributed by atoms with Gasteiger partial charge < -0.3 is 15.1 Å². The number of halogens is 1. The normalized spacial score (nSPS) is 15.3. The SMILES string of the molecule is CCNC(=NCc1cccs1)N1CCN(c2cnn(C)c2)C(=O)C1.I. The summed E-state index contributed by atoms with van der Waals surface area (Å²) in [6.45, 7) is 5.15. The summed E-state index contributed by atoms with van der Waals surface area (Å²) in [7, 11) is 1.85. The molecule has 1 aliphatic heterocycles. The molecular weight excluding hydrogens is 451 g/mol. The van der Waals surface area contributed by atoms with Crippen molar-refractivity contribution < 1.29 is 4.79 Å². The van der Waals surface area contributed by atoms with Gasteiger partial charge in [0.2, 0.25) is 5.91 Å². The minimum Gasteiger partial charge on any atom is -0.356 e. The number of rotatable bonds is 4. The molecule has 2 aromatic heterocycles. The maximum absolute atomic E-state index is 12.5. The molecule has 0 bridgehead atoms. The van der Waals surface area contributed by atoms with Gasteiger partial charge >= 0.3 is 0 Å². The van der Waals surface area contributed by atoms with Crippen LogP contribution in [0.15, 0.2) is 34.9 Å². The summed E-state index contributed by atoms with van der Waals surface area (Å²) in [4.78, 5) is 22.2. The standard InChI is InChI=1S/C16H22N6OS.HI/c1-3-17-16(18-10-14-5-4-8-24-14)21-6-7-22(15(23)12-21)13-9-19-20(2)11-13;/h4-5,8-9,11H,3,6-7,10,12H2,1-2H3,(H,17,18);1H. The molecule has 7 nitrogen and oxygen atoms in total. The molecule has 2 aromatic rings. The Balaban J connectivity index is 0.00000225. The Labute approximate surface area is 168 Å². The summed E-state index contributed by atoms with van der Waals surface area (Å²) < 4.78 is 1.71. The van der Waals surface area contributed by atoms with Crippen LogP contribution in [0.4, 0.5) is 5.69 Å². The highest BCUT2D eigenvalue weighted by atomic mass is 127. The molecule has 0 atom stereocenters. The van der Waals surface area contributed by atoms with E-state index in [4.69, 9.17) is 0 Å². The fraction of sp³-hybridized carbons (Fsp3) is 0.438. The van der Waals surface area contributed by atoms with Crippen LogP contribution in [0.25, 0.3) is 0 Å². The first-order valence-electron chi connectivity index (χ1n) is 8.02. The van der Waals surface area contributed by atoms with E-state index in [1.54, 1.807) is 27.1 Å². The van der Waals surface area contributed by atoms with Crippen LogP contribution in [0.2, 0.25) is 0 Å². The molecule has 0 aromatic carbocycles. The lowest BCUT2D eigenvalue weighted by Gasteiger charge is -2.35. The predicted molar refractivity (Wildman–Crippen MR) is 112 cm³/mol. The van der Waals surface area contributed by atoms with E-state index in [0.29, 0.717) is 19.6 Å². The van der Waals surface area contributed by atoms with Crippen LogP contribution in [0.1, 0.15) is 11.8 Å². The summed E-state index contributed by atoms with van der Waals surface area (Å²) in [6.07, 6.45) is 3.59. The number of amides is 1. The lowest BCUT2D eigenvalue weighted by Crippen LogP contribution is -2.55. The Bertz CT molecular complexity index is 714. The van der Waals surface area contributed by atoms with E-state index in [0.717, 1.165) is 24.7 Å². The molecule has 1 saturated heterocycles. The Morgan fingerprint density at radius 3 is 2.88 bits per heavy atom. The molecular formula is C16H23IN6OS.